The predicted octanol–water partition coefficient (Wildman–Crippen LogP) is 2.50. The lowest BCUT2D eigenvalue weighted by molar-refractivity contribution is 0.0697. The van der Waals surface area contributed by atoms with E-state index in [9.17, 15) is 9.18 Å². The first-order valence-electron chi connectivity index (χ1n) is 5.92. The Bertz CT molecular complexity index is 450. The second kappa shape index (κ2) is 5.35. The molecule has 0 heterocycles. The lowest BCUT2D eigenvalue weighted by Gasteiger charge is -2.16. The molecule has 2 unspecified atom stereocenters. The maximum absolute atomic E-state index is 13.0. The molecule has 1 saturated carbocycles. The van der Waals surface area contributed by atoms with Gasteiger partial charge in [-0.25, -0.2) is 9.18 Å². The van der Waals surface area contributed by atoms with E-state index in [4.69, 9.17) is 9.84 Å². The summed E-state index contributed by atoms with van der Waals surface area (Å²) in [6.07, 6.45) is 2.94. The Morgan fingerprint density at radius 1 is 1.50 bits per heavy atom. The highest BCUT2D eigenvalue weighted by atomic mass is 19.1. The van der Waals surface area contributed by atoms with Crippen LogP contribution in [-0.2, 0) is 4.74 Å². The summed E-state index contributed by atoms with van der Waals surface area (Å²) in [6, 6.07) is 3.95. The predicted molar refractivity (Wildman–Crippen MR) is 65.4 cm³/mol. The van der Waals surface area contributed by atoms with Crippen LogP contribution in [0.3, 0.4) is 0 Å². The number of benzene rings is 1. The van der Waals surface area contributed by atoms with Crippen LogP contribution < -0.4 is 5.32 Å². The van der Waals surface area contributed by atoms with Crippen molar-refractivity contribution >= 4 is 11.7 Å². The van der Waals surface area contributed by atoms with Crippen molar-refractivity contribution < 1.29 is 19.0 Å². The maximum Gasteiger partial charge on any atom is 0.337 e. The molecule has 1 fully saturated rings. The first-order valence-corrected chi connectivity index (χ1v) is 5.92. The number of aromatic carboxylic acids is 1. The topological polar surface area (TPSA) is 58.6 Å². The molecule has 0 radical (unpaired) electrons. The molecular weight excluding hydrogens is 237 g/mol. The van der Waals surface area contributed by atoms with Gasteiger partial charge < -0.3 is 15.2 Å². The van der Waals surface area contributed by atoms with Crippen molar-refractivity contribution in [3.8, 4) is 0 Å². The molecular formula is C13H16FNO3. The van der Waals surface area contributed by atoms with Crippen molar-refractivity contribution in [1.82, 2.24) is 0 Å². The Labute approximate surface area is 105 Å². The van der Waals surface area contributed by atoms with E-state index in [1.807, 2.05) is 0 Å². The smallest absolute Gasteiger partial charge is 0.337 e. The average Bonchev–Trinajstić information content (AvgIpc) is 2.79. The van der Waals surface area contributed by atoms with Crippen LogP contribution in [0.5, 0.6) is 0 Å². The molecule has 0 bridgehead atoms. The summed E-state index contributed by atoms with van der Waals surface area (Å²) in [4.78, 5) is 11.0. The molecule has 0 aromatic heterocycles. The van der Waals surface area contributed by atoms with Gasteiger partial charge in [0.15, 0.2) is 0 Å². The standard InChI is InChI=1S/C13H16FNO3/c1-18-10-4-3-9(7-10)15-12-5-2-8(14)6-11(12)13(16)17/h2,5-6,9-10,15H,3-4,7H2,1H3,(H,16,17). The fourth-order valence-corrected chi connectivity index (χ4v) is 2.32. The summed E-state index contributed by atoms with van der Waals surface area (Å²) < 4.78 is 18.3. The Hall–Kier alpha value is -1.62. The van der Waals surface area contributed by atoms with Crippen LogP contribution in [0, 0.1) is 5.82 Å². The Morgan fingerprint density at radius 3 is 2.89 bits per heavy atom. The first kappa shape index (κ1) is 12.8. The molecule has 5 heteroatoms. The fraction of sp³-hybridized carbons (Fsp3) is 0.462. The van der Waals surface area contributed by atoms with Gasteiger partial charge in [-0.2, -0.15) is 0 Å². The molecule has 1 aliphatic rings. The molecule has 1 aromatic rings. The van der Waals surface area contributed by atoms with Gasteiger partial charge in [0.2, 0.25) is 0 Å². The highest BCUT2D eigenvalue weighted by molar-refractivity contribution is 5.94. The number of hydrogen-bond donors (Lipinski definition) is 2. The van der Waals surface area contributed by atoms with Crippen molar-refractivity contribution in [2.45, 2.75) is 31.4 Å². The summed E-state index contributed by atoms with van der Waals surface area (Å²) in [5, 5.41) is 12.2. The number of nitrogens with one attached hydrogen (secondary N) is 1. The second-order valence-corrected chi connectivity index (χ2v) is 4.51. The van der Waals surface area contributed by atoms with Crippen LogP contribution >= 0.6 is 0 Å². The maximum atomic E-state index is 13.0. The van der Waals surface area contributed by atoms with E-state index >= 15 is 0 Å². The molecule has 98 valence electrons. The van der Waals surface area contributed by atoms with Gasteiger partial charge in [0, 0.05) is 18.8 Å². The minimum Gasteiger partial charge on any atom is -0.478 e. The van der Waals surface area contributed by atoms with Gasteiger partial charge in [0.05, 0.1) is 11.7 Å². The summed E-state index contributed by atoms with van der Waals surface area (Å²) in [5.74, 6) is -1.67. The van der Waals surface area contributed by atoms with Crippen molar-refractivity contribution in [3.05, 3.63) is 29.6 Å². The number of carboxylic acid groups (broad SMARTS) is 1. The quantitative estimate of drug-likeness (QED) is 0.865. The lowest BCUT2D eigenvalue weighted by Crippen LogP contribution is -2.19. The lowest BCUT2D eigenvalue weighted by atomic mass is 10.1. The molecule has 18 heavy (non-hydrogen) atoms. The minimum atomic E-state index is -1.13. The molecule has 0 saturated heterocycles. The largest absolute Gasteiger partial charge is 0.478 e. The van der Waals surface area contributed by atoms with E-state index < -0.39 is 11.8 Å². The van der Waals surface area contributed by atoms with Gasteiger partial charge in [-0.1, -0.05) is 0 Å². The summed E-state index contributed by atoms with van der Waals surface area (Å²) in [7, 11) is 1.67. The van der Waals surface area contributed by atoms with Crippen molar-refractivity contribution in [2.24, 2.45) is 0 Å². The van der Waals surface area contributed by atoms with Crippen LogP contribution in [0.15, 0.2) is 18.2 Å². The van der Waals surface area contributed by atoms with Gasteiger partial charge in [0.1, 0.15) is 5.82 Å². The molecule has 2 atom stereocenters. The van der Waals surface area contributed by atoms with Gasteiger partial charge in [-0.15, -0.1) is 0 Å². The Kier molecular flexibility index (Phi) is 3.81. The third-order valence-corrected chi connectivity index (χ3v) is 3.29. The summed E-state index contributed by atoms with van der Waals surface area (Å²) in [6.45, 7) is 0. The molecule has 0 aliphatic heterocycles. The van der Waals surface area contributed by atoms with Crippen LogP contribution in [0.4, 0.5) is 10.1 Å². The van der Waals surface area contributed by atoms with Gasteiger partial charge in [-0.3, -0.25) is 0 Å². The highest BCUT2D eigenvalue weighted by Crippen LogP contribution is 2.26. The second-order valence-electron chi connectivity index (χ2n) is 4.51. The summed E-state index contributed by atoms with van der Waals surface area (Å²) in [5.41, 5.74) is 0.432. The van der Waals surface area contributed by atoms with E-state index in [1.54, 1.807) is 7.11 Å². The first-order chi connectivity index (χ1) is 8.60. The zero-order valence-electron chi connectivity index (χ0n) is 10.1. The normalized spacial score (nSPS) is 23.0. The van der Waals surface area contributed by atoms with Crippen LogP contribution in [0.25, 0.3) is 0 Å². The van der Waals surface area contributed by atoms with Crippen LogP contribution in [0.1, 0.15) is 29.6 Å². The molecule has 0 spiro atoms. The van der Waals surface area contributed by atoms with Gasteiger partial charge >= 0.3 is 5.97 Å². The molecule has 2 rings (SSSR count). The SMILES string of the molecule is COC1CCC(Nc2ccc(F)cc2C(=O)O)C1. The summed E-state index contributed by atoms with van der Waals surface area (Å²) >= 11 is 0. The number of hydrogen-bond acceptors (Lipinski definition) is 3. The van der Waals surface area contributed by atoms with E-state index in [1.165, 1.54) is 12.1 Å². The number of ether oxygens (including phenoxy) is 1. The molecule has 1 aromatic carbocycles. The Morgan fingerprint density at radius 2 is 2.28 bits per heavy atom. The van der Waals surface area contributed by atoms with Gasteiger partial charge in [-0.05, 0) is 37.5 Å². The van der Waals surface area contributed by atoms with Crippen molar-refractivity contribution in [1.29, 1.82) is 0 Å². The van der Waals surface area contributed by atoms with Crippen LogP contribution in [0.2, 0.25) is 0 Å². The Balaban J connectivity index is 2.12. The minimum absolute atomic E-state index is 0.0316. The average molecular weight is 253 g/mol. The van der Waals surface area contributed by atoms with E-state index in [0.717, 1.165) is 25.3 Å². The number of carboxylic acids is 1. The molecule has 2 N–H and O–H groups in total. The third-order valence-electron chi connectivity index (χ3n) is 3.29. The zero-order chi connectivity index (χ0) is 13.1. The van der Waals surface area contributed by atoms with E-state index in [2.05, 4.69) is 5.32 Å². The van der Waals surface area contributed by atoms with E-state index in [-0.39, 0.29) is 17.7 Å². The van der Waals surface area contributed by atoms with Crippen LogP contribution in [-0.4, -0.2) is 30.3 Å². The number of carbonyl (C=O) groups is 1. The fourth-order valence-electron chi connectivity index (χ4n) is 2.32. The van der Waals surface area contributed by atoms with Gasteiger partial charge in [0.25, 0.3) is 0 Å². The molecule has 1 aliphatic carbocycles. The molecule has 0 amide bonds. The van der Waals surface area contributed by atoms with E-state index in [0.29, 0.717) is 5.69 Å². The van der Waals surface area contributed by atoms with Crippen molar-refractivity contribution in [2.75, 3.05) is 12.4 Å². The third kappa shape index (κ3) is 2.79. The highest BCUT2D eigenvalue weighted by Gasteiger charge is 2.25. The number of methoxy groups -OCH3 is 1. The molecule has 4 nitrogen and oxygen atoms in total. The number of anilines is 1. The monoisotopic (exact) mass is 253 g/mol. The number of halogens is 1. The van der Waals surface area contributed by atoms with Crippen molar-refractivity contribution in [3.63, 3.8) is 0 Å². The number of rotatable bonds is 4. The zero-order valence-corrected chi connectivity index (χ0v) is 10.1.